The van der Waals surface area contributed by atoms with Gasteiger partial charge in [-0.2, -0.15) is 18.3 Å². The molecule has 0 aromatic carbocycles. The normalized spacial score (nSPS) is 23.2. The first-order valence-electron chi connectivity index (χ1n) is 5.18. The number of aromatic nitrogens is 3. The third-order valence-electron chi connectivity index (χ3n) is 3.23. The Labute approximate surface area is 105 Å². The first kappa shape index (κ1) is 11.6. The van der Waals surface area contributed by atoms with Crippen molar-refractivity contribution in [3.05, 3.63) is 23.1 Å². The van der Waals surface area contributed by atoms with E-state index in [1.165, 1.54) is 12.3 Å². The Morgan fingerprint density at radius 2 is 2.22 bits per heavy atom. The molecule has 2 aromatic rings. The Morgan fingerprint density at radius 1 is 1.50 bits per heavy atom. The predicted octanol–water partition coefficient (Wildman–Crippen LogP) is 2.63. The van der Waals surface area contributed by atoms with E-state index >= 15 is 0 Å². The lowest BCUT2D eigenvalue weighted by Gasteiger charge is -2.27. The van der Waals surface area contributed by atoms with Gasteiger partial charge in [-0.3, -0.25) is 0 Å². The fraction of sp³-hybridized carbons (Fsp3) is 0.400. The molecule has 0 saturated carbocycles. The van der Waals surface area contributed by atoms with Crippen LogP contribution in [0, 0.1) is 0 Å². The summed E-state index contributed by atoms with van der Waals surface area (Å²) in [4.78, 5) is 4.01. The second-order valence-electron chi connectivity index (χ2n) is 4.44. The lowest BCUT2D eigenvalue weighted by molar-refractivity contribution is -0.181. The fourth-order valence-electron chi connectivity index (χ4n) is 2.16. The van der Waals surface area contributed by atoms with E-state index in [2.05, 4.69) is 15.4 Å². The van der Waals surface area contributed by atoms with E-state index in [1.54, 1.807) is 0 Å². The number of halogens is 4. The summed E-state index contributed by atoms with van der Waals surface area (Å²) in [6.45, 7) is 0.908. The first-order valence-corrected chi connectivity index (χ1v) is 5.56. The van der Waals surface area contributed by atoms with Gasteiger partial charge in [-0.1, -0.05) is 11.6 Å². The van der Waals surface area contributed by atoms with Crippen molar-refractivity contribution in [1.82, 2.24) is 14.6 Å². The Bertz CT molecular complexity index is 636. The van der Waals surface area contributed by atoms with Crippen molar-refractivity contribution in [2.24, 2.45) is 0 Å². The Balaban J connectivity index is 2.35. The average molecular weight is 277 g/mol. The van der Waals surface area contributed by atoms with Gasteiger partial charge in [0.1, 0.15) is 5.41 Å². The molecule has 3 rings (SSSR count). The Morgan fingerprint density at radius 3 is 2.89 bits per heavy atom. The van der Waals surface area contributed by atoms with E-state index in [1.807, 2.05) is 0 Å². The molecular formula is C10H8ClF3N4. The van der Waals surface area contributed by atoms with E-state index < -0.39 is 11.6 Å². The summed E-state index contributed by atoms with van der Waals surface area (Å²) in [6.07, 6.45) is -3.00. The van der Waals surface area contributed by atoms with Gasteiger partial charge in [0.05, 0.1) is 17.6 Å². The van der Waals surface area contributed by atoms with Crippen LogP contribution in [0.3, 0.4) is 0 Å². The molecule has 2 aromatic heterocycles. The SMILES string of the molecule is C[C@@]1(C(F)(F)F)CNc2cnc3cc(Cl)nn3c21. The second-order valence-corrected chi connectivity index (χ2v) is 4.83. The van der Waals surface area contributed by atoms with Gasteiger partial charge in [0.25, 0.3) is 0 Å². The molecule has 4 nitrogen and oxygen atoms in total. The van der Waals surface area contributed by atoms with Gasteiger partial charge in [0.15, 0.2) is 10.8 Å². The van der Waals surface area contributed by atoms with Gasteiger partial charge in [0, 0.05) is 12.6 Å². The second kappa shape index (κ2) is 3.28. The molecule has 0 unspecified atom stereocenters. The minimum absolute atomic E-state index is 0.0481. The number of anilines is 1. The van der Waals surface area contributed by atoms with Crippen LogP contribution in [0.15, 0.2) is 12.3 Å². The van der Waals surface area contributed by atoms with Crippen molar-refractivity contribution in [2.45, 2.75) is 18.5 Å². The molecule has 1 aliphatic heterocycles. The minimum atomic E-state index is -4.38. The molecule has 0 aliphatic carbocycles. The van der Waals surface area contributed by atoms with Gasteiger partial charge in [-0.05, 0) is 6.92 Å². The molecule has 0 amide bonds. The van der Waals surface area contributed by atoms with E-state index in [-0.39, 0.29) is 17.4 Å². The highest BCUT2D eigenvalue weighted by molar-refractivity contribution is 6.29. The van der Waals surface area contributed by atoms with Crippen molar-refractivity contribution in [3.8, 4) is 0 Å². The molecule has 1 N–H and O–H groups in total. The number of nitrogens with zero attached hydrogens (tertiary/aromatic N) is 3. The average Bonchev–Trinajstić information content (AvgIpc) is 2.78. The van der Waals surface area contributed by atoms with E-state index in [0.717, 1.165) is 11.4 Å². The fourth-order valence-corrected chi connectivity index (χ4v) is 2.33. The molecule has 0 radical (unpaired) electrons. The van der Waals surface area contributed by atoms with Crippen molar-refractivity contribution in [2.75, 3.05) is 11.9 Å². The monoisotopic (exact) mass is 276 g/mol. The Kier molecular flexibility index (Phi) is 2.11. The van der Waals surface area contributed by atoms with Crippen LogP contribution in [0.1, 0.15) is 12.6 Å². The molecule has 96 valence electrons. The van der Waals surface area contributed by atoms with Crippen LogP contribution in [-0.2, 0) is 5.41 Å². The van der Waals surface area contributed by atoms with Crippen LogP contribution in [0.2, 0.25) is 5.15 Å². The summed E-state index contributed by atoms with van der Waals surface area (Å²) in [5, 5.41) is 6.70. The molecule has 3 heterocycles. The van der Waals surface area contributed by atoms with Gasteiger partial charge in [-0.25, -0.2) is 9.50 Å². The molecule has 18 heavy (non-hydrogen) atoms. The third kappa shape index (κ3) is 1.33. The molecule has 0 spiro atoms. The lowest BCUT2D eigenvalue weighted by Crippen LogP contribution is -2.42. The van der Waals surface area contributed by atoms with Crippen molar-refractivity contribution >= 4 is 22.9 Å². The summed E-state index contributed by atoms with van der Waals surface area (Å²) >= 11 is 5.72. The van der Waals surface area contributed by atoms with Crippen molar-refractivity contribution in [1.29, 1.82) is 0 Å². The highest BCUT2D eigenvalue weighted by Gasteiger charge is 2.57. The lowest BCUT2D eigenvalue weighted by atomic mass is 9.88. The summed E-state index contributed by atoms with van der Waals surface area (Å²) in [6, 6.07) is 1.43. The topological polar surface area (TPSA) is 42.2 Å². The zero-order valence-corrected chi connectivity index (χ0v) is 9.97. The minimum Gasteiger partial charge on any atom is -0.381 e. The van der Waals surface area contributed by atoms with E-state index in [4.69, 9.17) is 11.6 Å². The molecule has 8 heteroatoms. The van der Waals surface area contributed by atoms with Crippen LogP contribution in [0.4, 0.5) is 18.9 Å². The molecule has 1 aliphatic rings. The number of alkyl halides is 3. The predicted molar refractivity (Wildman–Crippen MR) is 59.9 cm³/mol. The quantitative estimate of drug-likeness (QED) is 0.804. The number of hydrogen-bond acceptors (Lipinski definition) is 3. The summed E-state index contributed by atoms with van der Waals surface area (Å²) in [5.41, 5.74) is -1.31. The Hall–Kier alpha value is -1.50. The molecular weight excluding hydrogens is 269 g/mol. The largest absolute Gasteiger partial charge is 0.401 e. The molecule has 0 fully saturated rings. The van der Waals surface area contributed by atoms with Crippen LogP contribution >= 0.6 is 11.6 Å². The van der Waals surface area contributed by atoms with Crippen LogP contribution < -0.4 is 5.32 Å². The van der Waals surface area contributed by atoms with Gasteiger partial charge in [-0.15, -0.1) is 0 Å². The number of nitrogens with one attached hydrogen (secondary N) is 1. The summed E-state index contributed by atoms with van der Waals surface area (Å²) in [7, 11) is 0. The van der Waals surface area contributed by atoms with Gasteiger partial charge in [0.2, 0.25) is 0 Å². The smallest absolute Gasteiger partial charge is 0.381 e. The maximum Gasteiger partial charge on any atom is 0.401 e. The van der Waals surface area contributed by atoms with E-state index in [9.17, 15) is 13.2 Å². The van der Waals surface area contributed by atoms with Gasteiger partial charge >= 0.3 is 6.18 Å². The maximum atomic E-state index is 13.2. The van der Waals surface area contributed by atoms with Crippen molar-refractivity contribution in [3.63, 3.8) is 0 Å². The van der Waals surface area contributed by atoms with Gasteiger partial charge < -0.3 is 5.32 Å². The number of fused-ring (bicyclic) bond motifs is 3. The molecule has 0 bridgehead atoms. The summed E-state index contributed by atoms with van der Waals surface area (Å²) < 4.78 is 40.8. The maximum absolute atomic E-state index is 13.2. The number of hydrogen-bond donors (Lipinski definition) is 1. The summed E-state index contributed by atoms with van der Waals surface area (Å²) in [5.74, 6) is 0. The standard InChI is InChI=1S/C10H8ClF3N4/c1-9(10(12,13)14)4-16-5-3-15-7-2-6(11)17-18(7)8(5)9/h2-3,16H,4H2,1H3/t9-/m1/s1. The van der Waals surface area contributed by atoms with Crippen molar-refractivity contribution < 1.29 is 13.2 Å². The number of rotatable bonds is 0. The van der Waals surface area contributed by atoms with Crippen LogP contribution in [0.5, 0.6) is 0 Å². The zero-order valence-electron chi connectivity index (χ0n) is 9.22. The van der Waals surface area contributed by atoms with Crippen LogP contribution in [-0.4, -0.2) is 27.3 Å². The molecule has 1 atom stereocenters. The first-order chi connectivity index (χ1) is 8.33. The van der Waals surface area contributed by atoms with Crippen LogP contribution in [0.25, 0.3) is 5.65 Å². The van der Waals surface area contributed by atoms with E-state index in [0.29, 0.717) is 11.3 Å². The zero-order chi connectivity index (χ0) is 13.1. The highest BCUT2D eigenvalue weighted by Crippen LogP contribution is 2.47. The third-order valence-corrected chi connectivity index (χ3v) is 3.42. The molecule has 0 saturated heterocycles. The highest BCUT2D eigenvalue weighted by atomic mass is 35.5.